The number of nitro groups is 1. The average molecular weight is 239 g/mol. The van der Waals surface area contributed by atoms with Crippen molar-refractivity contribution in [2.75, 3.05) is 0 Å². The summed E-state index contributed by atoms with van der Waals surface area (Å²) in [6.45, 7) is 2.57. The quantitative estimate of drug-likeness (QED) is 0.265. The number of ketones is 2. The summed E-state index contributed by atoms with van der Waals surface area (Å²) >= 11 is 0.924. The third-order valence-corrected chi connectivity index (χ3v) is 2.82. The molecule has 0 amide bonds. The Hall–Kier alpha value is -1.82. The van der Waals surface area contributed by atoms with Gasteiger partial charge in [0, 0.05) is 10.9 Å². The van der Waals surface area contributed by atoms with Gasteiger partial charge in [0.1, 0.15) is 0 Å². The van der Waals surface area contributed by atoms with Gasteiger partial charge < -0.3 is 0 Å². The molecule has 0 fully saturated rings. The van der Waals surface area contributed by atoms with E-state index in [-0.39, 0.29) is 22.1 Å². The molecule has 84 valence electrons. The lowest BCUT2D eigenvalue weighted by atomic mass is 10.1. The maximum absolute atomic E-state index is 11.1. The van der Waals surface area contributed by atoms with Crippen LogP contribution in [-0.2, 0) is 9.59 Å². The molecule has 16 heavy (non-hydrogen) atoms. The van der Waals surface area contributed by atoms with Gasteiger partial charge in [-0.05, 0) is 26.0 Å². The van der Waals surface area contributed by atoms with Crippen LogP contribution in [0.4, 0.5) is 5.00 Å². The van der Waals surface area contributed by atoms with Crippen molar-refractivity contribution in [1.29, 1.82) is 0 Å². The number of Topliss-reactive ketones (excluding diaryl/α,β-unsaturated/α-hetero) is 2. The van der Waals surface area contributed by atoms with Gasteiger partial charge in [-0.15, -0.1) is 0 Å². The Kier molecular flexibility index (Phi) is 3.68. The molecule has 0 saturated carbocycles. The molecule has 0 aliphatic heterocycles. The third kappa shape index (κ3) is 2.83. The predicted molar refractivity (Wildman–Crippen MR) is 60.3 cm³/mol. The normalized spacial score (nSPS) is 9.62. The minimum atomic E-state index is -0.511. The maximum Gasteiger partial charge on any atom is 0.324 e. The van der Waals surface area contributed by atoms with Crippen LogP contribution in [0, 0.1) is 10.1 Å². The molecule has 0 spiro atoms. The SMILES string of the molecule is CC(=O)C(=Cc1ccc([N+](=O)[O-])s1)C(C)=O. The van der Waals surface area contributed by atoms with Gasteiger partial charge in [0.15, 0.2) is 11.6 Å². The number of thiophene rings is 1. The highest BCUT2D eigenvalue weighted by Crippen LogP contribution is 2.26. The van der Waals surface area contributed by atoms with Crippen LogP contribution in [0.25, 0.3) is 6.08 Å². The summed E-state index contributed by atoms with van der Waals surface area (Å²) in [7, 11) is 0. The van der Waals surface area contributed by atoms with E-state index < -0.39 is 4.92 Å². The van der Waals surface area contributed by atoms with Crippen molar-refractivity contribution in [1.82, 2.24) is 0 Å². The fourth-order valence-corrected chi connectivity index (χ4v) is 1.88. The van der Waals surface area contributed by atoms with E-state index >= 15 is 0 Å². The molecule has 0 aromatic carbocycles. The number of rotatable bonds is 4. The van der Waals surface area contributed by atoms with Crippen molar-refractivity contribution in [3.8, 4) is 0 Å². The number of hydrogen-bond acceptors (Lipinski definition) is 5. The molecule has 0 atom stereocenters. The molecule has 1 rings (SSSR count). The number of carbonyl (C=O) groups is 2. The molecule has 5 nitrogen and oxygen atoms in total. The monoisotopic (exact) mass is 239 g/mol. The highest BCUT2D eigenvalue weighted by molar-refractivity contribution is 7.16. The summed E-state index contributed by atoms with van der Waals surface area (Å²) < 4.78 is 0. The molecule has 0 radical (unpaired) electrons. The first kappa shape index (κ1) is 12.3. The molecule has 0 bridgehead atoms. The minimum absolute atomic E-state index is 0.0160. The Morgan fingerprint density at radius 2 is 1.88 bits per heavy atom. The standard InChI is InChI=1S/C10H9NO4S/c1-6(12)9(7(2)13)5-8-3-4-10(16-8)11(14)15/h3-5H,1-2H3. The van der Waals surface area contributed by atoms with Gasteiger partial charge in [-0.3, -0.25) is 19.7 Å². The second kappa shape index (κ2) is 4.80. The fourth-order valence-electron chi connectivity index (χ4n) is 1.11. The zero-order valence-corrected chi connectivity index (χ0v) is 9.54. The Balaban J connectivity index is 3.09. The number of carbonyl (C=O) groups excluding carboxylic acids is 2. The van der Waals surface area contributed by atoms with Crippen LogP contribution in [0.5, 0.6) is 0 Å². The zero-order chi connectivity index (χ0) is 12.3. The molecule has 0 N–H and O–H groups in total. The summed E-state index contributed by atoms with van der Waals surface area (Å²) in [6, 6.07) is 2.85. The van der Waals surface area contributed by atoms with Crippen molar-refractivity contribution in [3.05, 3.63) is 32.7 Å². The van der Waals surface area contributed by atoms with Crippen molar-refractivity contribution in [2.45, 2.75) is 13.8 Å². The molecule has 0 aliphatic carbocycles. The van der Waals surface area contributed by atoms with Crippen LogP contribution in [0.2, 0.25) is 0 Å². The lowest BCUT2D eigenvalue weighted by molar-refractivity contribution is -0.380. The lowest BCUT2D eigenvalue weighted by Crippen LogP contribution is -2.05. The van der Waals surface area contributed by atoms with Crippen molar-refractivity contribution < 1.29 is 14.5 Å². The predicted octanol–water partition coefficient (Wildman–Crippen LogP) is 2.22. The fraction of sp³-hybridized carbons (Fsp3) is 0.200. The van der Waals surface area contributed by atoms with Gasteiger partial charge in [-0.25, -0.2) is 0 Å². The van der Waals surface area contributed by atoms with E-state index in [1.165, 1.54) is 32.1 Å². The molecule has 0 unspecified atom stereocenters. The largest absolute Gasteiger partial charge is 0.324 e. The van der Waals surface area contributed by atoms with Gasteiger partial charge in [0.2, 0.25) is 0 Å². The molecule has 1 aromatic heterocycles. The van der Waals surface area contributed by atoms with Gasteiger partial charge in [-0.2, -0.15) is 0 Å². The number of nitrogens with zero attached hydrogens (tertiary/aromatic N) is 1. The van der Waals surface area contributed by atoms with Gasteiger partial charge in [0.25, 0.3) is 0 Å². The summed E-state index contributed by atoms with van der Waals surface area (Å²) in [6.07, 6.45) is 1.38. The first-order valence-electron chi connectivity index (χ1n) is 4.39. The van der Waals surface area contributed by atoms with E-state index in [1.807, 2.05) is 0 Å². The van der Waals surface area contributed by atoms with Crippen LogP contribution < -0.4 is 0 Å². The highest BCUT2D eigenvalue weighted by Gasteiger charge is 2.12. The molecular weight excluding hydrogens is 230 g/mol. The van der Waals surface area contributed by atoms with Crippen LogP contribution in [0.3, 0.4) is 0 Å². The third-order valence-electron chi connectivity index (χ3n) is 1.84. The highest BCUT2D eigenvalue weighted by atomic mass is 32.1. The minimum Gasteiger partial charge on any atom is -0.294 e. The van der Waals surface area contributed by atoms with Crippen LogP contribution in [0.15, 0.2) is 17.7 Å². The summed E-state index contributed by atoms with van der Waals surface area (Å²) in [4.78, 5) is 32.7. The molecule has 6 heteroatoms. The topological polar surface area (TPSA) is 77.3 Å². The first-order chi connectivity index (χ1) is 7.41. The maximum atomic E-state index is 11.1. The molecule has 0 saturated heterocycles. The zero-order valence-electron chi connectivity index (χ0n) is 8.72. The van der Waals surface area contributed by atoms with Crippen LogP contribution in [0.1, 0.15) is 18.7 Å². The average Bonchev–Trinajstić information content (AvgIpc) is 2.61. The lowest BCUT2D eigenvalue weighted by Gasteiger charge is -1.95. The Bertz CT molecular complexity index is 471. The molecular formula is C10H9NO4S. The number of hydrogen-bond donors (Lipinski definition) is 0. The molecule has 1 heterocycles. The van der Waals surface area contributed by atoms with Crippen molar-refractivity contribution in [2.24, 2.45) is 0 Å². The summed E-state index contributed by atoms with van der Waals surface area (Å²) in [5.41, 5.74) is 0.0525. The van der Waals surface area contributed by atoms with Gasteiger partial charge >= 0.3 is 5.00 Å². The van der Waals surface area contributed by atoms with E-state index in [1.54, 1.807) is 0 Å². The Morgan fingerprint density at radius 3 is 2.25 bits per heavy atom. The van der Waals surface area contributed by atoms with E-state index in [4.69, 9.17) is 0 Å². The van der Waals surface area contributed by atoms with Crippen molar-refractivity contribution in [3.63, 3.8) is 0 Å². The second-order valence-electron chi connectivity index (χ2n) is 3.10. The first-order valence-corrected chi connectivity index (χ1v) is 5.21. The van der Waals surface area contributed by atoms with E-state index in [0.717, 1.165) is 11.3 Å². The number of allylic oxidation sites excluding steroid dienone is 1. The van der Waals surface area contributed by atoms with Gasteiger partial charge in [0.05, 0.1) is 10.5 Å². The second-order valence-corrected chi connectivity index (χ2v) is 4.20. The molecule has 1 aromatic rings. The smallest absolute Gasteiger partial charge is 0.294 e. The Labute approximate surface area is 95.5 Å². The van der Waals surface area contributed by atoms with Crippen molar-refractivity contribution >= 4 is 34.0 Å². The van der Waals surface area contributed by atoms with Gasteiger partial charge in [-0.1, -0.05) is 11.3 Å². The van der Waals surface area contributed by atoms with E-state index in [2.05, 4.69) is 0 Å². The van der Waals surface area contributed by atoms with Crippen LogP contribution in [-0.4, -0.2) is 16.5 Å². The van der Waals surface area contributed by atoms with Crippen LogP contribution >= 0.6 is 11.3 Å². The van der Waals surface area contributed by atoms with E-state index in [9.17, 15) is 19.7 Å². The molecule has 0 aliphatic rings. The summed E-state index contributed by atoms with van der Waals surface area (Å²) in [5.74, 6) is -0.688. The van der Waals surface area contributed by atoms with E-state index in [0.29, 0.717) is 4.88 Å². The Morgan fingerprint density at radius 1 is 1.31 bits per heavy atom. The summed E-state index contributed by atoms with van der Waals surface area (Å²) in [5, 5.41) is 10.4.